The molecule has 1 amide bonds. The minimum atomic E-state index is -1.78. The second kappa shape index (κ2) is 12.8. The van der Waals surface area contributed by atoms with E-state index in [-0.39, 0.29) is 23.2 Å². The fourth-order valence-corrected chi connectivity index (χ4v) is 5.55. The number of carbonyl (C=O) groups excluding carboxylic acids is 1. The summed E-state index contributed by atoms with van der Waals surface area (Å²) in [7, 11) is -1.78. The summed E-state index contributed by atoms with van der Waals surface area (Å²) in [6.07, 6.45) is 7.08. The van der Waals surface area contributed by atoms with Gasteiger partial charge in [-0.05, 0) is 68.6 Å². The number of benzene rings is 1. The van der Waals surface area contributed by atoms with E-state index in [0.717, 1.165) is 28.9 Å². The topological polar surface area (TPSA) is 94.4 Å². The van der Waals surface area contributed by atoms with Crippen LogP contribution in [0.4, 0.5) is 11.6 Å². The maximum Gasteiger partial charge on any atom is 0.227 e. The van der Waals surface area contributed by atoms with Crippen LogP contribution in [0.1, 0.15) is 52.2 Å². The van der Waals surface area contributed by atoms with Gasteiger partial charge in [-0.15, -0.1) is 0 Å². The summed E-state index contributed by atoms with van der Waals surface area (Å²) < 4.78 is 13.9. The third kappa shape index (κ3) is 8.24. The lowest BCUT2D eigenvalue weighted by atomic mass is 9.99. The normalized spacial score (nSPS) is 14.4. The van der Waals surface area contributed by atoms with Crippen molar-refractivity contribution in [2.24, 2.45) is 0 Å². The van der Waals surface area contributed by atoms with Crippen molar-refractivity contribution in [1.29, 1.82) is 0 Å². The molecule has 1 N–H and O–H groups in total. The average Bonchev–Trinajstić information content (AvgIpc) is 3.31. The molecule has 0 unspecified atom stereocenters. The summed E-state index contributed by atoms with van der Waals surface area (Å²) in [4.78, 5) is 23.6. The Morgan fingerprint density at radius 1 is 1.20 bits per heavy atom. The number of hydrogen-bond donors (Lipinski definition) is 1. The number of aromatic nitrogens is 4. The van der Waals surface area contributed by atoms with E-state index in [1.807, 2.05) is 35.7 Å². The van der Waals surface area contributed by atoms with Gasteiger partial charge >= 0.3 is 0 Å². The first-order chi connectivity index (χ1) is 19.3. The van der Waals surface area contributed by atoms with Gasteiger partial charge in [0, 0.05) is 37.5 Å². The van der Waals surface area contributed by atoms with E-state index in [1.165, 1.54) is 5.56 Å². The summed E-state index contributed by atoms with van der Waals surface area (Å²) in [5, 5.41) is 7.92. The summed E-state index contributed by atoms with van der Waals surface area (Å²) in [6.45, 7) is 20.1. The number of aryl methyl sites for hydroxylation is 2. The molecular weight excluding hydrogens is 532 g/mol. The molecule has 0 spiro atoms. The first-order valence-corrected chi connectivity index (χ1v) is 17.5. The van der Waals surface area contributed by atoms with E-state index in [1.54, 1.807) is 12.4 Å². The van der Waals surface area contributed by atoms with Crippen molar-refractivity contribution in [1.82, 2.24) is 24.6 Å². The van der Waals surface area contributed by atoms with Crippen molar-refractivity contribution in [3.8, 4) is 11.3 Å². The molecule has 0 saturated carbocycles. The van der Waals surface area contributed by atoms with Crippen LogP contribution in [0, 0.1) is 6.92 Å². The van der Waals surface area contributed by atoms with Crippen molar-refractivity contribution in [3.05, 3.63) is 54.0 Å². The molecule has 1 saturated heterocycles. The fraction of sp³-hybridized carbons (Fsp3) is 0.548. The molecule has 10 heteroatoms. The fourth-order valence-electron chi connectivity index (χ4n) is 4.52. The average molecular weight is 579 g/mol. The Kier molecular flexibility index (Phi) is 9.66. The molecule has 1 aliphatic rings. The number of nitrogens with one attached hydrogen (secondary N) is 1. The molecule has 9 nitrogen and oxygen atoms in total. The van der Waals surface area contributed by atoms with Crippen molar-refractivity contribution >= 4 is 25.9 Å². The van der Waals surface area contributed by atoms with Gasteiger partial charge in [-0.25, -0.2) is 9.97 Å². The highest BCUT2D eigenvalue weighted by Crippen LogP contribution is 2.36. The van der Waals surface area contributed by atoms with Crippen LogP contribution in [-0.4, -0.2) is 70.8 Å². The van der Waals surface area contributed by atoms with E-state index in [4.69, 9.17) is 14.1 Å². The molecule has 0 radical (unpaired) electrons. The second-order valence-electron chi connectivity index (χ2n) is 12.7. The Hall–Kier alpha value is -3.08. The van der Waals surface area contributed by atoms with Gasteiger partial charge in [0.05, 0.1) is 42.9 Å². The monoisotopic (exact) mass is 578 g/mol. The number of ether oxygens (including phenoxy) is 1. The van der Waals surface area contributed by atoms with Crippen molar-refractivity contribution in [3.63, 3.8) is 0 Å². The second-order valence-corrected chi connectivity index (χ2v) is 17.5. The number of anilines is 2. The van der Waals surface area contributed by atoms with Gasteiger partial charge in [0.25, 0.3) is 0 Å². The van der Waals surface area contributed by atoms with E-state index in [9.17, 15) is 4.79 Å². The Morgan fingerprint density at radius 2 is 1.95 bits per heavy atom. The molecule has 1 fully saturated rings. The molecule has 4 rings (SSSR count). The molecule has 41 heavy (non-hydrogen) atoms. The molecule has 0 aliphatic carbocycles. The van der Waals surface area contributed by atoms with Crippen LogP contribution in [0.2, 0.25) is 18.1 Å². The Labute approximate surface area is 245 Å². The maximum absolute atomic E-state index is 12.6. The quantitative estimate of drug-likeness (QED) is 0.264. The van der Waals surface area contributed by atoms with E-state index >= 15 is 0 Å². The standard InChI is InChI=1S/C31H46N6O3Si/c1-22(2)40-27-20-36(21-27)29(38)12-11-24-9-10-25(17-23(24)3)28-13-14-32-30(35-28)34-26-18-33-37(19-26)15-16-39-41(7,8)31(4,5)6/h9-10,13-14,17-19,22,27H,11-12,15-16,20-21H2,1-8H3,(H,32,34,35). The van der Waals surface area contributed by atoms with Gasteiger partial charge < -0.3 is 19.4 Å². The Morgan fingerprint density at radius 3 is 2.63 bits per heavy atom. The third-order valence-electron chi connectivity index (χ3n) is 8.05. The van der Waals surface area contributed by atoms with Crippen molar-refractivity contribution in [2.45, 2.75) is 91.3 Å². The molecule has 1 aromatic carbocycles. The lowest BCUT2D eigenvalue weighted by Crippen LogP contribution is -2.55. The molecule has 0 bridgehead atoms. The number of carbonyl (C=O) groups is 1. The Bertz CT molecular complexity index is 1330. The third-order valence-corrected chi connectivity index (χ3v) is 12.6. The summed E-state index contributed by atoms with van der Waals surface area (Å²) in [6, 6.07) is 8.20. The minimum Gasteiger partial charge on any atom is -0.415 e. The van der Waals surface area contributed by atoms with Crippen LogP contribution in [0.5, 0.6) is 0 Å². The lowest BCUT2D eigenvalue weighted by molar-refractivity contribution is -0.148. The first kappa shape index (κ1) is 30.9. The summed E-state index contributed by atoms with van der Waals surface area (Å²) in [5.74, 6) is 0.705. The zero-order valence-electron chi connectivity index (χ0n) is 25.9. The van der Waals surface area contributed by atoms with Gasteiger partial charge in [-0.1, -0.05) is 32.9 Å². The number of likely N-dealkylation sites (tertiary alicyclic amines) is 1. The highest BCUT2D eigenvalue weighted by atomic mass is 28.4. The number of amides is 1. The van der Waals surface area contributed by atoms with Crippen LogP contribution >= 0.6 is 0 Å². The predicted molar refractivity (Wildman–Crippen MR) is 166 cm³/mol. The van der Waals surface area contributed by atoms with Gasteiger partial charge in [0.15, 0.2) is 8.32 Å². The molecule has 222 valence electrons. The van der Waals surface area contributed by atoms with Crippen LogP contribution in [-0.2, 0) is 26.9 Å². The van der Waals surface area contributed by atoms with Crippen LogP contribution < -0.4 is 5.32 Å². The van der Waals surface area contributed by atoms with E-state index in [2.05, 4.69) is 74.4 Å². The minimum absolute atomic E-state index is 0.176. The predicted octanol–water partition coefficient (Wildman–Crippen LogP) is 5.98. The zero-order valence-corrected chi connectivity index (χ0v) is 26.9. The molecule has 3 heterocycles. The number of nitrogens with zero attached hydrogens (tertiary/aromatic N) is 5. The molecule has 2 aromatic heterocycles. The van der Waals surface area contributed by atoms with E-state index < -0.39 is 8.32 Å². The summed E-state index contributed by atoms with van der Waals surface area (Å²) >= 11 is 0. The molecule has 0 atom stereocenters. The zero-order chi connectivity index (χ0) is 29.8. The lowest BCUT2D eigenvalue weighted by Gasteiger charge is -2.40. The van der Waals surface area contributed by atoms with Gasteiger partial charge in [-0.2, -0.15) is 5.10 Å². The number of hydrogen-bond acceptors (Lipinski definition) is 7. The largest absolute Gasteiger partial charge is 0.415 e. The maximum atomic E-state index is 12.6. The molecule has 1 aliphatic heterocycles. The number of rotatable bonds is 12. The van der Waals surface area contributed by atoms with Gasteiger partial charge in [-0.3, -0.25) is 9.48 Å². The first-order valence-electron chi connectivity index (χ1n) is 14.6. The van der Waals surface area contributed by atoms with Crippen LogP contribution in [0.15, 0.2) is 42.9 Å². The highest BCUT2D eigenvalue weighted by Gasteiger charge is 2.37. The molecular formula is C31H46N6O3Si. The summed E-state index contributed by atoms with van der Waals surface area (Å²) in [5.41, 5.74) is 5.00. The SMILES string of the molecule is Cc1cc(-c2ccnc(Nc3cnn(CCO[Si](C)(C)C(C)(C)C)c3)n2)ccc1CCC(=O)N1CC(OC(C)C)C1. The van der Waals surface area contributed by atoms with Gasteiger partial charge in [0.1, 0.15) is 0 Å². The Balaban J connectivity index is 1.30. The van der Waals surface area contributed by atoms with Crippen LogP contribution in [0.3, 0.4) is 0 Å². The highest BCUT2D eigenvalue weighted by molar-refractivity contribution is 6.74. The molecule has 3 aromatic rings. The van der Waals surface area contributed by atoms with E-state index in [0.29, 0.717) is 38.6 Å². The smallest absolute Gasteiger partial charge is 0.227 e. The van der Waals surface area contributed by atoms with Gasteiger partial charge in [0.2, 0.25) is 11.9 Å². The van der Waals surface area contributed by atoms with Crippen LogP contribution in [0.25, 0.3) is 11.3 Å². The van der Waals surface area contributed by atoms with Crippen molar-refractivity contribution in [2.75, 3.05) is 25.0 Å². The van der Waals surface area contributed by atoms with Crippen molar-refractivity contribution < 1.29 is 14.0 Å².